The lowest BCUT2D eigenvalue weighted by Crippen LogP contribution is -2.16. The predicted molar refractivity (Wildman–Crippen MR) is 58.1 cm³/mol. The van der Waals surface area contributed by atoms with Crippen molar-refractivity contribution in [1.82, 2.24) is 15.3 Å². The summed E-state index contributed by atoms with van der Waals surface area (Å²) >= 11 is 0. The van der Waals surface area contributed by atoms with Crippen LogP contribution in [0.3, 0.4) is 0 Å². The molecule has 80 valence electrons. The summed E-state index contributed by atoms with van der Waals surface area (Å²) in [6.07, 6.45) is 0.915. The Balaban J connectivity index is 2.51. The first kappa shape index (κ1) is 10.1. The highest BCUT2D eigenvalue weighted by atomic mass is 19.1. The highest BCUT2D eigenvalue weighted by Gasteiger charge is 2.13. The molecule has 0 radical (unpaired) electrons. The number of aromatic nitrogens is 2. The van der Waals surface area contributed by atoms with E-state index in [1.807, 2.05) is 13.1 Å². The average Bonchev–Trinajstić information content (AvgIpc) is 2.65. The van der Waals surface area contributed by atoms with Crippen LogP contribution in [-0.2, 0) is 0 Å². The molecule has 1 heterocycles. The second-order valence-electron chi connectivity index (χ2n) is 3.51. The lowest BCUT2D eigenvalue weighted by molar-refractivity contribution is 0.550. The Hall–Kier alpha value is -1.42. The van der Waals surface area contributed by atoms with Crippen molar-refractivity contribution >= 4 is 11.0 Å². The Morgan fingerprint density at radius 3 is 2.93 bits per heavy atom. The van der Waals surface area contributed by atoms with Gasteiger partial charge in [-0.15, -0.1) is 0 Å². The molecule has 2 N–H and O–H groups in total. The molecular weight excluding hydrogens is 193 g/mol. The number of fused-ring (bicyclic) bond motifs is 1. The van der Waals surface area contributed by atoms with E-state index < -0.39 is 0 Å². The molecular formula is C11H14FN3. The van der Waals surface area contributed by atoms with Crippen molar-refractivity contribution in [3.63, 3.8) is 0 Å². The van der Waals surface area contributed by atoms with E-state index in [9.17, 15) is 4.39 Å². The highest BCUT2D eigenvalue weighted by Crippen LogP contribution is 2.19. The third-order valence-electron chi connectivity index (χ3n) is 2.57. The van der Waals surface area contributed by atoms with Crippen molar-refractivity contribution < 1.29 is 4.39 Å². The zero-order valence-electron chi connectivity index (χ0n) is 8.84. The number of hydrogen-bond acceptors (Lipinski definition) is 2. The van der Waals surface area contributed by atoms with Crippen molar-refractivity contribution in [2.45, 2.75) is 19.4 Å². The van der Waals surface area contributed by atoms with Crippen molar-refractivity contribution in [3.8, 4) is 0 Å². The number of H-pyrrole nitrogens is 1. The third-order valence-corrected chi connectivity index (χ3v) is 2.57. The molecule has 0 saturated heterocycles. The van der Waals surface area contributed by atoms with Gasteiger partial charge >= 0.3 is 0 Å². The van der Waals surface area contributed by atoms with Gasteiger partial charge in [0.15, 0.2) is 5.82 Å². The Morgan fingerprint density at radius 1 is 1.53 bits per heavy atom. The number of aromatic amines is 1. The molecule has 2 rings (SSSR count). The normalized spacial score (nSPS) is 13.3. The minimum Gasteiger partial charge on any atom is -0.341 e. The molecule has 15 heavy (non-hydrogen) atoms. The number of benzene rings is 1. The fourth-order valence-corrected chi connectivity index (χ4v) is 1.72. The van der Waals surface area contributed by atoms with Gasteiger partial charge in [-0.3, -0.25) is 0 Å². The van der Waals surface area contributed by atoms with Gasteiger partial charge in [0, 0.05) is 0 Å². The fraction of sp³-hybridized carbons (Fsp3) is 0.364. The van der Waals surface area contributed by atoms with Crippen molar-refractivity contribution in [2.75, 3.05) is 7.05 Å². The van der Waals surface area contributed by atoms with Gasteiger partial charge in [0.25, 0.3) is 0 Å². The minimum atomic E-state index is -0.277. The number of para-hydroxylation sites is 1. The van der Waals surface area contributed by atoms with Gasteiger partial charge in [-0.2, -0.15) is 0 Å². The predicted octanol–water partition coefficient (Wildman–Crippen LogP) is 2.37. The summed E-state index contributed by atoms with van der Waals surface area (Å²) in [6.45, 7) is 2.06. The van der Waals surface area contributed by atoms with Crippen LogP contribution in [-0.4, -0.2) is 17.0 Å². The lowest BCUT2D eigenvalue weighted by Gasteiger charge is -2.09. The fourth-order valence-electron chi connectivity index (χ4n) is 1.72. The quantitative estimate of drug-likeness (QED) is 0.811. The zero-order chi connectivity index (χ0) is 10.8. The Bertz CT molecular complexity index is 460. The molecule has 0 fully saturated rings. The van der Waals surface area contributed by atoms with Gasteiger partial charge in [0.1, 0.15) is 11.3 Å². The molecule has 0 aliphatic rings. The van der Waals surface area contributed by atoms with Gasteiger partial charge in [0.05, 0.1) is 11.6 Å². The first-order chi connectivity index (χ1) is 7.26. The summed E-state index contributed by atoms with van der Waals surface area (Å²) in [7, 11) is 1.87. The molecule has 0 amide bonds. The van der Waals surface area contributed by atoms with Crippen LogP contribution in [0.4, 0.5) is 4.39 Å². The van der Waals surface area contributed by atoms with Crippen LogP contribution >= 0.6 is 0 Å². The number of rotatable bonds is 3. The molecule has 0 bridgehead atoms. The molecule has 0 aliphatic heterocycles. The van der Waals surface area contributed by atoms with E-state index in [4.69, 9.17) is 0 Å². The molecule has 1 aromatic carbocycles. The van der Waals surface area contributed by atoms with Gasteiger partial charge in [-0.1, -0.05) is 13.0 Å². The largest absolute Gasteiger partial charge is 0.341 e. The summed E-state index contributed by atoms with van der Waals surface area (Å²) < 4.78 is 13.4. The van der Waals surface area contributed by atoms with Crippen molar-refractivity contribution in [2.24, 2.45) is 0 Å². The van der Waals surface area contributed by atoms with Gasteiger partial charge in [-0.25, -0.2) is 9.37 Å². The van der Waals surface area contributed by atoms with Gasteiger partial charge in [0.2, 0.25) is 0 Å². The number of hydrogen-bond donors (Lipinski definition) is 2. The van der Waals surface area contributed by atoms with Crippen LogP contribution in [0, 0.1) is 5.82 Å². The van der Waals surface area contributed by atoms with E-state index in [0.717, 1.165) is 17.8 Å². The third kappa shape index (κ3) is 1.72. The molecule has 1 atom stereocenters. The number of nitrogens with zero attached hydrogens (tertiary/aromatic N) is 1. The SMILES string of the molecule is CCC(NC)c1nc2c(F)cccc2[nH]1. The Labute approximate surface area is 87.7 Å². The van der Waals surface area contributed by atoms with Crippen molar-refractivity contribution in [1.29, 1.82) is 0 Å². The molecule has 2 aromatic rings. The standard InChI is InChI=1S/C11H14FN3/c1-3-8(13-2)11-14-9-6-4-5-7(12)10(9)15-11/h4-6,8,13H,3H2,1-2H3,(H,14,15). The highest BCUT2D eigenvalue weighted by molar-refractivity contribution is 5.75. The topological polar surface area (TPSA) is 40.7 Å². The van der Waals surface area contributed by atoms with Crippen LogP contribution in [0.15, 0.2) is 18.2 Å². The maximum absolute atomic E-state index is 13.4. The zero-order valence-corrected chi connectivity index (χ0v) is 8.84. The second-order valence-corrected chi connectivity index (χ2v) is 3.51. The molecule has 0 aliphatic carbocycles. The van der Waals surface area contributed by atoms with Crippen molar-refractivity contribution in [3.05, 3.63) is 29.8 Å². The molecule has 1 unspecified atom stereocenters. The van der Waals surface area contributed by atoms with Gasteiger partial charge in [-0.05, 0) is 25.6 Å². The van der Waals surface area contributed by atoms with E-state index in [2.05, 4.69) is 22.2 Å². The first-order valence-electron chi connectivity index (χ1n) is 5.07. The van der Waals surface area contributed by atoms with Crippen LogP contribution in [0.1, 0.15) is 25.2 Å². The molecule has 0 spiro atoms. The summed E-state index contributed by atoms with van der Waals surface area (Å²) in [5.41, 5.74) is 1.17. The minimum absolute atomic E-state index is 0.150. The van der Waals surface area contributed by atoms with Gasteiger partial charge < -0.3 is 10.3 Å². The molecule has 4 heteroatoms. The van der Waals surface area contributed by atoms with E-state index in [1.54, 1.807) is 6.07 Å². The van der Waals surface area contributed by atoms with Crippen LogP contribution in [0.5, 0.6) is 0 Å². The number of imidazole rings is 1. The first-order valence-corrected chi connectivity index (χ1v) is 5.07. The second kappa shape index (κ2) is 3.98. The summed E-state index contributed by atoms with van der Waals surface area (Å²) in [5.74, 6) is 0.515. The summed E-state index contributed by atoms with van der Waals surface area (Å²) in [5, 5.41) is 3.13. The monoisotopic (exact) mass is 207 g/mol. The number of halogens is 1. The summed E-state index contributed by atoms with van der Waals surface area (Å²) in [6, 6.07) is 5.08. The van der Waals surface area contributed by atoms with E-state index in [0.29, 0.717) is 5.52 Å². The van der Waals surface area contributed by atoms with E-state index in [-0.39, 0.29) is 11.9 Å². The maximum atomic E-state index is 13.4. The maximum Gasteiger partial charge on any atom is 0.151 e. The van der Waals surface area contributed by atoms with Crippen LogP contribution in [0.2, 0.25) is 0 Å². The summed E-state index contributed by atoms with van der Waals surface area (Å²) in [4.78, 5) is 7.39. The Kier molecular flexibility index (Phi) is 2.68. The van der Waals surface area contributed by atoms with Crippen LogP contribution in [0.25, 0.3) is 11.0 Å². The van der Waals surface area contributed by atoms with E-state index >= 15 is 0 Å². The van der Waals surface area contributed by atoms with Crippen LogP contribution < -0.4 is 5.32 Å². The smallest absolute Gasteiger partial charge is 0.151 e. The lowest BCUT2D eigenvalue weighted by atomic mass is 10.2. The average molecular weight is 207 g/mol. The molecule has 1 aromatic heterocycles. The molecule has 3 nitrogen and oxygen atoms in total. The Morgan fingerprint density at radius 2 is 2.33 bits per heavy atom. The molecule has 0 saturated carbocycles. The number of nitrogens with one attached hydrogen (secondary N) is 2. The van der Waals surface area contributed by atoms with E-state index in [1.165, 1.54) is 6.07 Å².